The van der Waals surface area contributed by atoms with Crippen molar-refractivity contribution in [1.82, 2.24) is 9.97 Å². The Morgan fingerprint density at radius 1 is 1.14 bits per heavy atom. The third-order valence-electron chi connectivity index (χ3n) is 2.45. The Labute approximate surface area is 126 Å². The fraction of sp³-hybridized carbons (Fsp3) is 0.0833. The summed E-state index contributed by atoms with van der Waals surface area (Å²) in [4.78, 5) is 19.2. The monoisotopic (exact) mass is 335 g/mol. The van der Waals surface area contributed by atoms with Gasteiger partial charge in [0.1, 0.15) is 12.0 Å². The Morgan fingerprint density at radius 3 is 2.33 bits per heavy atom. The third kappa shape index (κ3) is 3.62. The van der Waals surface area contributed by atoms with Gasteiger partial charge in [0.15, 0.2) is 10.3 Å². The smallest absolute Gasteiger partial charge is 0.317 e. The molecule has 0 radical (unpaired) electrons. The molecule has 4 nitrogen and oxygen atoms in total. The van der Waals surface area contributed by atoms with E-state index in [1.165, 1.54) is 6.07 Å². The van der Waals surface area contributed by atoms with Crippen LogP contribution in [0.5, 0.6) is 0 Å². The van der Waals surface area contributed by atoms with Gasteiger partial charge >= 0.3 is 6.18 Å². The van der Waals surface area contributed by atoms with Crippen LogP contribution in [0.3, 0.4) is 0 Å². The fourth-order valence-corrected chi connectivity index (χ4v) is 1.88. The number of hydrogen-bond donors (Lipinski definition) is 1. The number of aromatic nitrogens is 2. The van der Waals surface area contributed by atoms with E-state index in [1.807, 2.05) is 0 Å². The number of carbonyl (C=O) groups is 1. The minimum Gasteiger partial charge on any atom is -0.317 e. The Balaban J connectivity index is 2.29. The summed E-state index contributed by atoms with van der Waals surface area (Å²) in [5, 5.41) is 2.05. The van der Waals surface area contributed by atoms with Gasteiger partial charge in [-0.1, -0.05) is 29.3 Å². The number of carbonyl (C=O) groups excluding carboxylic acids is 1. The van der Waals surface area contributed by atoms with Gasteiger partial charge in [-0.3, -0.25) is 4.79 Å². The van der Waals surface area contributed by atoms with E-state index in [2.05, 4.69) is 15.3 Å². The number of halogens is 5. The maximum absolute atomic E-state index is 12.6. The first-order valence-corrected chi connectivity index (χ1v) is 6.19. The lowest BCUT2D eigenvalue weighted by Crippen LogP contribution is -2.15. The molecular formula is C12H6Cl2F3N3O. The summed E-state index contributed by atoms with van der Waals surface area (Å²) in [5.41, 5.74) is -1.19. The van der Waals surface area contributed by atoms with Gasteiger partial charge in [-0.05, 0) is 18.2 Å². The lowest BCUT2D eigenvalue weighted by Gasteiger charge is -2.10. The average Bonchev–Trinajstić information content (AvgIpc) is 2.42. The molecule has 0 saturated carbocycles. The van der Waals surface area contributed by atoms with E-state index >= 15 is 0 Å². The second-order valence-electron chi connectivity index (χ2n) is 3.86. The van der Waals surface area contributed by atoms with Gasteiger partial charge in [-0.15, -0.1) is 0 Å². The van der Waals surface area contributed by atoms with Crippen LogP contribution in [0.1, 0.15) is 15.9 Å². The standard InChI is InChI=1S/C12H6Cl2F3N3O/c13-9-8(10(14)19-5-18-9)20-11(21)6-2-1-3-7(4-6)12(15,16)17/h1-5H,(H,20,21). The van der Waals surface area contributed by atoms with Crippen LogP contribution < -0.4 is 5.32 Å². The lowest BCUT2D eigenvalue weighted by atomic mass is 10.1. The summed E-state index contributed by atoms with van der Waals surface area (Å²) >= 11 is 11.5. The van der Waals surface area contributed by atoms with Crippen molar-refractivity contribution in [3.63, 3.8) is 0 Å². The maximum Gasteiger partial charge on any atom is 0.416 e. The van der Waals surface area contributed by atoms with Crippen molar-refractivity contribution in [2.24, 2.45) is 0 Å². The molecule has 0 fully saturated rings. The van der Waals surface area contributed by atoms with E-state index in [0.29, 0.717) is 0 Å². The normalized spacial score (nSPS) is 11.3. The van der Waals surface area contributed by atoms with Gasteiger partial charge < -0.3 is 5.32 Å². The molecule has 2 aromatic rings. The highest BCUT2D eigenvalue weighted by atomic mass is 35.5. The molecule has 0 bridgehead atoms. The second-order valence-corrected chi connectivity index (χ2v) is 4.58. The van der Waals surface area contributed by atoms with Gasteiger partial charge in [-0.2, -0.15) is 13.2 Å². The summed E-state index contributed by atoms with van der Waals surface area (Å²) in [6.45, 7) is 0. The molecular weight excluding hydrogens is 330 g/mol. The van der Waals surface area contributed by atoms with Crippen molar-refractivity contribution in [2.45, 2.75) is 6.18 Å². The molecule has 0 aliphatic carbocycles. The first-order chi connectivity index (χ1) is 9.79. The number of nitrogens with zero attached hydrogens (tertiary/aromatic N) is 2. The molecule has 0 unspecified atom stereocenters. The number of alkyl halides is 3. The fourth-order valence-electron chi connectivity index (χ4n) is 1.47. The molecule has 0 aliphatic heterocycles. The van der Waals surface area contributed by atoms with Gasteiger partial charge in [0.05, 0.1) is 5.56 Å². The summed E-state index contributed by atoms with van der Waals surface area (Å²) in [6, 6.07) is 3.95. The highest BCUT2D eigenvalue weighted by Crippen LogP contribution is 2.30. The van der Waals surface area contributed by atoms with Crippen LogP contribution in [-0.4, -0.2) is 15.9 Å². The van der Waals surface area contributed by atoms with E-state index < -0.39 is 17.6 Å². The summed E-state index contributed by atoms with van der Waals surface area (Å²) < 4.78 is 37.8. The molecule has 2 rings (SSSR count). The lowest BCUT2D eigenvalue weighted by molar-refractivity contribution is -0.137. The van der Waals surface area contributed by atoms with Crippen LogP contribution >= 0.6 is 23.2 Å². The second kappa shape index (κ2) is 5.87. The molecule has 21 heavy (non-hydrogen) atoms. The van der Waals surface area contributed by atoms with Crippen LogP contribution in [0.15, 0.2) is 30.6 Å². The third-order valence-corrected chi connectivity index (χ3v) is 3.02. The van der Waals surface area contributed by atoms with Gasteiger partial charge in [-0.25, -0.2) is 9.97 Å². The van der Waals surface area contributed by atoms with Crippen LogP contribution in [0.2, 0.25) is 10.3 Å². The molecule has 0 saturated heterocycles. The predicted molar refractivity (Wildman–Crippen MR) is 71.4 cm³/mol. The molecule has 110 valence electrons. The molecule has 0 spiro atoms. The topological polar surface area (TPSA) is 54.9 Å². The predicted octanol–water partition coefficient (Wildman–Crippen LogP) is 4.05. The number of amides is 1. The van der Waals surface area contributed by atoms with Crippen molar-refractivity contribution < 1.29 is 18.0 Å². The first kappa shape index (κ1) is 15.5. The SMILES string of the molecule is O=C(Nc1c(Cl)ncnc1Cl)c1cccc(C(F)(F)F)c1. The zero-order valence-electron chi connectivity index (χ0n) is 10.1. The van der Waals surface area contributed by atoms with Crippen LogP contribution in [0.4, 0.5) is 18.9 Å². The minimum absolute atomic E-state index is 0.0664. The molecule has 1 heterocycles. The van der Waals surface area contributed by atoms with E-state index in [-0.39, 0.29) is 21.6 Å². The average molecular weight is 336 g/mol. The van der Waals surface area contributed by atoms with Crippen molar-refractivity contribution in [2.75, 3.05) is 5.32 Å². The van der Waals surface area contributed by atoms with Crippen molar-refractivity contribution in [3.8, 4) is 0 Å². The molecule has 0 atom stereocenters. The summed E-state index contributed by atoms with van der Waals surface area (Å²) in [7, 11) is 0. The van der Waals surface area contributed by atoms with Crippen molar-refractivity contribution in [3.05, 3.63) is 52.0 Å². The molecule has 0 aliphatic rings. The zero-order valence-corrected chi connectivity index (χ0v) is 11.6. The van der Waals surface area contributed by atoms with Gasteiger partial charge in [0.2, 0.25) is 0 Å². The Morgan fingerprint density at radius 2 is 1.76 bits per heavy atom. The Hall–Kier alpha value is -1.86. The first-order valence-electron chi connectivity index (χ1n) is 5.43. The number of hydrogen-bond acceptors (Lipinski definition) is 3. The zero-order chi connectivity index (χ0) is 15.6. The number of anilines is 1. The summed E-state index contributed by atoms with van der Waals surface area (Å²) in [5.74, 6) is -0.806. The molecule has 9 heteroatoms. The van der Waals surface area contributed by atoms with Gasteiger partial charge in [0.25, 0.3) is 5.91 Å². The van der Waals surface area contributed by atoms with Crippen LogP contribution in [-0.2, 0) is 6.18 Å². The summed E-state index contributed by atoms with van der Waals surface area (Å²) in [6.07, 6.45) is -3.45. The Bertz CT molecular complexity index is 671. The Kier molecular flexibility index (Phi) is 4.34. The van der Waals surface area contributed by atoms with E-state index in [4.69, 9.17) is 23.2 Å². The van der Waals surface area contributed by atoms with E-state index in [0.717, 1.165) is 24.5 Å². The molecule has 1 aromatic heterocycles. The van der Waals surface area contributed by atoms with Gasteiger partial charge in [0, 0.05) is 5.56 Å². The highest BCUT2D eigenvalue weighted by Gasteiger charge is 2.31. The van der Waals surface area contributed by atoms with E-state index in [1.54, 1.807) is 0 Å². The number of rotatable bonds is 2. The molecule has 1 N–H and O–H groups in total. The molecule has 1 aromatic carbocycles. The quantitative estimate of drug-likeness (QED) is 0.842. The van der Waals surface area contributed by atoms with E-state index in [9.17, 15) is 18.0 Å². The number of nitrogens with one attached hydrogen (secondary N) is 1. The molecule has 1 amide bonds. The minimum atomic E-state index is -4.54. The van der Waals surface area contributed by atoms with Crippen molar-refractivity contribution >= 4 is 34.8 Å². The maximum atomic E-state index is 12.6. The largest absolute Gasteiger partial charge is 0.416 e. The van der Waals surface area contributed by atoms with Crippen molar-refractivity contribution in [1.29, 1.82) is 0 Å². The number of benzene rings is 1. The highest BCUT2D eigenvalue weighted by molar-refractivity contribution is 6.38. The van der Waals surface area contributed by atoms with Crippen LogP contribution in [0, 0.1) is 0 Å². The van der Waals surface area contributed by atoms with Crippen LogP contribution in [0.25, 0.3) is 0 Å².